The highest BCUT2D eigenvalue weighted by atomic mass is 35.5. The second-order valence-corrected chi connectivity index (χ2v) is 5.04. The van der Waals surface area contributed by atoms with E-state index in [9.17, 15) is 4.79 Å². The highest BCUT2D eigenvalue weighted by Gasteiger charge is 2.13. The van der Waals surface area contributed by atoms with Crippen molar-refractivity contribution in [1.82, 2.24) is 15.2 Å². The summed E-state index contributed by atoms with van der Waals surface area (Å²) in [5.74, 6) is 0.111. The van der Waals surface area contributed by atoms with Crippen LogP contribution in [0.3, 0.4) is 0 Å². The number of nitrogens with two attached hydrogens (primary N) is 1. The van der Waals surface area contributed by atoms with Crippen LogP contribution in [-0.4, -0.2) is 21.1 Å². The molecule has 23 heavy (non-hydrogen) atoms. The first-order chi connectivity index (χ1) is 11.1. The van der Waals surface area contributed by atoms with Crippen molar-refractivity contribution < 1.29 is 9.21 Å². The van der Waals surface area contributed by atoms with E-state index in [1.54, 1.807) is 0 Å². The van der Waals surface area contributed by atoms with Crippen molar-refractivity contribution in [2.45, 2.75) is 6.54 Å². The SMILES string of the molecule is NC(=O)c1cc(Cl)nnc1NCc1coc(-c2ccccc2)n1. The van der Waals surface area contributed by atoms with Gasteiger partial charge in [0.1, 0.15) is 6.26 Å². The van der Waals surface area contributed by atoms with Gasteiger partial charge in [0.05, 0.1) is 17.8 Å². The largest absolute Gasteiger partial charge is 0.444 e. The van der Waals surface area contributed by atoms with Crippen LogP contribution in [0.2, 0.25) is 5.15 Å². The third-order valence-corrected chi connectivity index (χ3v) is 3.22. The minimum atomic E-state index is -0.644. The van der Waals surface area contributed by atoms with Crippen LogP contribution in [0.1, 0.15) is 16.1 Å². The van der Waals surface area contributed by atoms with E-state index in [4.69, 9.17) is 21.8 Å². The molecule has 2 aromatic heterocycles. The van der Waals surface area contributed by atoms with E-state index in [2.05, 4.69) is 20.5 Å². The molecule has 3 N–H and O–H groups in total. The summed E-state index contributed by atoms with van der Waals surface area (Å²) >= 11 is 5.71. The number of benzene rings is 1. The second kappa shape index (κ2) is 6.45. The lowest BCUT2D eigenvalue weighted by atomic mass is 10.2. The number of nitrogens with zero attached hydrogens (tertiary/aromatic N) is 3. The minimum absolute atomic E-state index is 0.0946. The van der Waals surface area contributed by atoms with Crippen molar-refractivity contribution >= 4 is 23.3 Å². The normalized spacial score (nSPS) is 10.5. The molecule has 3 aromatic rings. The van der Waals surface area contributed by atoms with Crippen LogP contribution >= 0.6 is 11.6 Å². The van der Waals surface area contributed by atoms with Crippen LogP contribution in [0.5, 0.6) is 0 Å². The number of carbonyl (C=O) groups is 1. The molecule has 7 nitrogen and oxygen atoms in total. The highest BCUT2D eigenvalue weighted by Crippen LogP contribution is 2.19. The molecule has 0 aliphatic carbocycles. The number of halogens is 1. The van der Waals surface area contributed by atoms with Crippen molar-refractivity contribution in [1.29, 1.82) is 0 Å². The van der Waals surface area contributed by atoms with Crippen molar-refractivity contribution in [2.24, 2.45) is 5.73 Å². The molecule has 8 heteroatoms. The van der Waals surface area contributed by atoms with E-state index < -0.39 is 5.91 Å². The van der Waals surface area contributed by atoms with E-state index in [-0.39, 0.29) is 16.5 Å². The Morgan fingerprint density at radius 3 is 2.78 bits per heavy atom. The number of aromatic nitrogens is 3. The molecule has 0 saturated heterocycles. The maximum Gasteiger partial charge on any atom is 0.252 e. The van der Waals surface area contributed by atoms with Gasteiger partial charge in [0.15, 0.2) is 11.0 Å². The Balaban J connectivity index is 1.75. The molecule has 0 aliphatic heterocycles. The number of primary amides is 1. The van der Waals surface area contributed by atoms with Gasteiger partial charge in [0, 0.05) is 5.56 Å². The number of rotatable bonds is 5. The van der Waals surface area contributed by atoms with Crippen LogP contribution in [0.15, 0.2) is 47.1 Å². The number of hydrogen-bond donors (Lipinski definition) is 2. The molecule has 116 valence electrons. The third kappa shape index (κ3) is 3.46. The first-order valence-electron chi connectivity index (χ1n) is 6.70. The van der Waals surface area contributed by atoms with Gasteiger partial charge < -0.3 is 15.5 Å². The average Bonchev–Trinajstić information content (AvgIpc) is 3.03. The van der Waals surface area contributed by atoms with Crippen LogP contribution in [0.25, 0.3) is 11.5 Å². The summed E-state index contributed by atoms with van der Waals surface area (Å²) in [5, 5.41) is 10.6. The topological polar surface area (TPSA) is 107 Å². The van der Waals surface area contributed by atoms with Gasteiger partial charge >= 0.3 is 0 Å². The molecular formula is C15H12ClN5O2. The van der Waals surface area contributed by atoms with Gasteiger partial charge in [0.2, 0.25) is 5.89 Å². The second-order valence-electron chi connectivity index (χ2n) is 4.66. The van der Waals surface area contributed by atoms with E-state index in [0.717, 1.165) is 5.56 Å². The van der Waals surface area contributed by atoms with Gasteiger partial charge in [0.25, 0.3) is 5.91 Å². The van der Waals surface area contributed by atoms with E-state index in [1.807, 2.05) is 30.3 Å². The Labute approximate surface area is 136 Å². The average molecular weight is 330 g/mol. The molecule has 2 heterocycles. The monoisotopic (exact) mass is 329 g/mol. The van der Waals surface area contributed by atoms with Gasteiger partial charge in [-0.2, -0.15) is 0 Å². The molecule has 0 fully saturated rings. The minimum Gasteiger partial charge on any atom is -0.444 e. The molecule has 1 amide bonds. The van der Waals surface area contributed by atoms with Crippen molar-refractivity contribution in [3.63, 3.8) is 0 Å². The molecule has 0 saturated carbocycles. The lowest BCUT2D eigenvalue weighted by Gasteiger charge is -2.06. The van der Waals surface area contributed by atoms with Gasteiger partial charge in [-0.15, -0.1) is 10.2 Å². The number of anilines is 1. The standard InChI is InChI=1S/C15H12ClN5O2/c16-12-6-11(13(17)22)14(21-20-12)18-7-10-8-23-15(19-10)9-4-2-1-3-5-9/h1-6,8H,7H2,(H2,17,22)(H,18,21). The number of oxazole rings is 1. The Morgan fingerprint density at radius 2 is 2.04 bits per heavy atom. The number of nitrogens with one attached hydrogen (secondary N) is 1. The van der Waals surface area contributed by atoms with Crippen LogP contribution < -0.4 is 11.1 Å². The molecular weight excluding hydrogens is 318 g/mol. The Kier molecular flexibility index (Phi) is 4.20. The predicted molar refractivity (Wildman–Crippen MR) is 84.8 cm³/mol. The first-order valence-corrected chi connectivity index (χ1v) is 7.08. The summed E-state index contributed by atoms with van der Waals surface area (Å²) in [6.07, 6.45) is 1.53. The van der Waals surface area contributed by atoms with E-state index >= 15 is 0 Å². The van der Waals surface area contributed by atoms with E-state index in [0.29, 0.717) is 18.1 Å². The van der Waals surface area contributed by atoms with E-state index in [1.165, 1.54) is 12.3 Å². The van der Waals surface area contributed by atoms with Crippen molar-refractivity contribution in [3.8, 4) is 11.5 Å². The summed E-state index contributed by atoms with van der Waals surface area (Å²) in [7, 11) is 0. The van der Waals surface area contributed by atoms with Crippen molar-refractivity contribution in [3.05, 3.63) is 59.1 Å². The quantitative estimate of drug-likeness (QED) is 0.744. The highest BCUT2D eigenvalue weighted by molar-refractivity contribution is 6.29. The van der Waals surface area contributed by atoms with Gasteiger partial charge in [-0.1, -0.05) is 29.8 Å². The fourth-order valence-electron chi connectivity index (χ4n) is 1.96. The zero-order chi connectivity index (χ0) is 16.2. The predicted octanol–water partition coefficient (Wildman–Crippen LogP) is 2.50. The molecule has 3 rings (SSSR count). The zero-order valence-corrected chi connectivity index (χ0v) is 12.6. The lowest BCUT2D eigenvalue weighted by Crippen LogP contribution is -2.16. The molecule has 0 aliphatic rings. The van der Waals surface area contributed by atoms with Gasteiger partial charge in [-0.25, -0.2) is 4.98 Å². The molecule has 0 spiro atoms. The number of carbonyl (C=O) groups excluding carboxylic acids is 1. The van der Waals surface area contributed by atoms with Crippen LogP contribution in [0.4, 0.5) is 5.82 Å². The maximum atomic E-state index is 11.4. The van der Waals surface area contributed by atoms with Gasteiger partial charge in [-0.3, -0.25) is 4.79 Å². The summed E-state index contributed by atoms with van der Waals surface area (Å²) in [6, 6.07) is 10.9. The maximum absolute atomic E-state index is 11.4. The third-order valence-electron chi connectivity index (χ3n) is 3.04. The summed E-state index contributed by atoms with van der Waals surface area (Å²) in [6.45, 7) is 0.299. The first kappa shape index (κ1) is 15.0. The Morgan fingerprint density at radius 1 is 1.26 bits per heavy atom. The summed E-state index contributed by atoms with van der Waals surface area (Å²) in [4.78, 5) is 15.8. The molecule has 0 unspecified atom stereocenters. The zero-order valence-electron chi connectivity index (χ0n) is 11.9. The fourth-order valence-corrected chi connectivity index (χ4v) is 2.11. The number of amides is 1. The molecule has 0 bridgehead atoms. The lowest BCUT2D eigenvalue weighted by molar-refractivity contribution is 0.100. The Hall–Kier alpha value is -2.93. The van der Waals surface area contributed by atoms with Gasteiger partial charge in [-0.05, 0) is 18.2 Å². The number of hydrogen-bond acceptors (Lipinski definition) is 6. The molecule has 1 aromatic carbocycles. The molecule has 0 atom stereocenters. The summed E-state index contributed by atoms with van der Waals surface area (Å²) < 4.78 is 5.44. The van der Waals surface area contributed by atoms with Crippen LogP contribution in [-0.2, 0) is 6.54 Å². The smallest absolute Gasteiger partial charge is 0.252 e. The Bertz CT molecular complexity index is 835. The molecule has 0 radical (unpaired) electrons. The summed E-state index contributed by atoms with van der Waals surface area (Å²) in [5.41, 5.74) is 6.98. The van der Waals surface area contributed by atoms with Crippen molar-refractivity contribution in [2.75, 3.05) is 5.32 Å². The fraction of sp³-hybridized carbons (Fsp3) is 0.0667. The van der Waals surface area contributed by atoms with Crippen LogP contribution in [0, 0.1) is 0 Å².